The van der Waals surface area contributed by atoms with E-state index in [2.05, 4.69) is 17.2 Å². The number of piperidine rings is 1. The Balaban J connectivity index is 1.58. The molecule has 3 saturated heterocycles. The minimum atomic E-state index is -1.19. The Kier molecular flexibility index (Phi) is 4.12. The molecule has 1 saturated carbocycles. The molecule has 8 atom stereocenters. The summed E-state index contributed by atoms with van der Waals surface area (Å²) < 4.78 is 23.8. The van der Waals surface area contributed by atoms with Gasteiger partial charge in [0, 0.05) is 23.2 Å². The summed E-state index contributed by atoms with van der Waals surface area (Å²) in [5.41, 5.74) is -0.911. The van der Waals surface area contributed by atoms with Crippen LogP contribution in [0.2, 0.25) is 0 Å². The summed E-state index contributed by atoms with van der Waals surface area (Å²) in [5, 5.41) is 16.5. The highest BCUT2D eigenvalue weighted by Gasteiger charge is 2.90. The lowest BCUT2D eigenvalue weighted by Gasteiger charge is -2.52. The first-order valence-electron chi connectivity index (χ1n) is 11.0. The number of hydrogen-bond acceptors (Lipinski definition) is 9. The Morgan fingerprint density at radius 2 is 2.19 bits per heavy atom. The fourth-order valence-corrected chi connectivity index (χ4v) is 7.44. The first-order valence-corrected chi connectivity index (χ1v) is 11.0. The maximum atomic E-state index is 13.8. The first kappa shape index (κ1) is 20.2. The van der Waals surface area contributed by atoms with Crippen LogP contribution >= 0.6 is 0 Å². The van der Waals surface area contributed by atoms with E-state index >= 15 is 0 Å². The van der Waals surface area contributed by atoms with Crippen molar-refractivity contribution in [3.63, 3.8) is 0 Å². The quantitative estimate of drug-likeness (QED) is 0.456. The van der Waals surface area contributed by atoms with Gasteiger partial charge in [0.2, 0.25) is 6.29 Å². The Bertz CT molecular complexity index is 1020. The largest absolute Gasteiger partial charge is 0.468 e. The normalized spacial score (nSPS) is 44.6. The minimum absolute atomic E-state index is 0.115. The predicted molar refractivity (Wildman–Crippen MR) is 110 cm³/mol. The van der Waals surface area contributed by atoms with Gasteiger partial charge < -0.3 is 34.7 Å². The Morgan fingerprint density at radius 1 is 1.38 bits per heavy atom. The third kappa shape index (κ3) is 1.96. The molecule has 9 nitrogen and oxygen atoms in total. The van der Waals surface area contributed by atoms with Crippen molar-refractivity contribution < 1.29 is 33.6 Å². The van der Waals surface area contributed by atoms with E-state index in [1.54, 1.807) is 6.08 Å². The van der Waals surface area contributed by atoms with Crippen LogP contribution < -0.4 is 10.6 Å². The van der Waals surface area contributed by atoms with E-state index < -0.39 is 53.6 Å². The molecule has 32 heavy (non-hydrogen) atoms. The van der Waals surface area contributed by atoms with E-state index in [9.17, 15) is 14.7 Å². The summed E-state index contributed by atoms with van der Waals surface area (Å²) in [6, 6.07) is 7.84. The number of methoxy groups -OCH3 is 1. The van der Waals surface area contributed by atoms with Crippen LogP contribution in [-0.4, -0.2) is 61.5 Å². The summed E-state index contributed by atoms with van der Waals surface area (Å²) in [4.78, 5) is 25.7. The highest BCUT2D eigenvalue weighted by Crippen LogP contribution is 2.75. The second-order valence-electron chi connectivity index (χ2n) is 9.18. The Labute approximate surface area is 185 Å². The summed E-state index contributed by atoms with van der Waals surface area (Å²) >= 11 is 0. The molecule has 4 heterocycles. The molecule has 3 N–H and O–H groups in total. The van der Waals surface area contributed by atoms with Gasteiger partial charge in [-0.3, -0.25) is 4.79 Å². The molecule has 1 aromatic carbocycles. The van der Waals surface area contributed by atoms with Crippen molar-refractivity contribution in [2.75, 3.05) is 25.6 Å². The molecule has 0 bridgehead atoms. The van der Waals surface area contributed by atoms with Crippen LogP contribution in [-0.2, 0) is 34.1 Å². The number of ether oxygens (including phenoxy) is 4. The number of benzene rings is 1. The van der Waals surface area contributed by atoms with E-state index in [1.807, 2.05) is 24.3 Å². The number of hydrogen-bond donors (Lipinski definition) is 3. The van der Waals surface area contributed by atoms with Crippen LogP contribution in [0.25, 0.3) is 0 Å². The van der Waals surface area contributed by atoms with E-state index in [-0.39, 0.29) is 12.0 Å². The van der Waals surface area contributed by atoms with E-state index in [1.165, 1.54) is 7.11 Å². The molecule has 8 unspecified atom stereocenters. The monoisotopic (exact) mass is 442 g/mol. The molecule has 1 aliphatic carbocycles. The average Bonchev–Trinajstić information content (AvgIpc) is 3.37. The highest BCUT2D eigenvalue weighted by atomic mass is 16.8. The van der Waals surface area contributed by atoms with Crippen molar-refractivity contribution in [2.24, 2.45) is 17.3 Å². The molecule has 1 aromatic rings. The number of para-hydroxylation sites is 1. The van der Waals surface area contributed by atoms with Crippen molar-refractivity contribution in [3.8, 4) is 0 Å². The smallest absolute Gasteiger partial charge is 0.334 e. The van der Waals surface area contributed by atoms with Gasteiger partial charge in [-0.2, -0.15) is 0 Å². The Hall–Kier alpha value is -2.46. The summed E-state index contributed by atoms with van der Waals surface area (Å²) in [7, 11) is 1.38. The predicted octanol–water partition coefficient (Wildman–Crippen LogP) is 0.638. The fourth-order valence-electron chi connectivity index (χ4n) is 7.44. The SMILES string of the molecule is C=CC1C(OC(=O)CO)OC2OC34CCNC5CC1C2(C(=O)OC)C53Nc1ccccc14. The third-order valence-electron chi connectivity index (χ3n) is 8.34. The van der Waals surface area contributed by atoms with Gasteiger partial charge in [-0.05, 0) is 31.4 Å². The van der Waals surface area contributed by atoms with Crippen molar-refractivity contribution in [3.05, 3.63) is 42.5 Å². The van der Waals surface area contributed by atoms with E-state index in [0.29, 0.717) is 12.8 Å². The maximum absolute atomic E-state index is 13.8. The highest BCUT2D eigenvalue weighted by molar-refractivity contribution is 5.86. The minimum Gasteiger partial charge on any atom is -0.468 e. The molecule has 5 aliphatic rings. The van der Waals surface area contributed by atoms with Gasteiger partial charge >= 0.3 is 11.9 Å². The molecular formula is C23H26N2O7. The van der Waals surface area contributed by atoms with Crippen LogP contribution in [0.1, 0.15) is 18.4 Å². The second-order valence-corrected chi connectivity index (χ2v) is 9.18. The lowest BCUT2D eigenvalue weighted by Crippen LogP contribution is -2.72. The van der Waals surface area contributed by atoms with Crippen LogP contribution in [0.15, 0.2) is 36.9 Å². The zero-order chi connectivity index (χ0) is 22.3. The Morgan fingerprint density at radius 3 is 2.94 bits per heavy atom. The standard InChI is InChI=1S/C23H26N2O7/c1-3-12-14-10-16-23-21(8-9-24-16,13-6-4-5-7-15(13)25-23)32-20(22(14,23)19(28)29-2)31-18(12)30-17(27)11-26/h3-7,12,14,16,18,20,24-26H,1,8-11H2,2H3. The lowest BCUT2D eigenvalue weighted by atomic mass is 9.57. The summed E-state index contributed by atoms with van der Waals surface area (Å²) in [6.07, 6.45) is 0.889. The molecule has 1 spiro atoms. The number of esters is 2. The second kappa shape index (κ2) is 6.54. The number of nitrogens with one attached hydrogen (secondary N) is 2. The molecule has 6 rings (SSSR count). The van der Waals surface area contributed by atoms with Crippen molar-refractivity contribution in [1.82, 2.24) is 5.32 Å². The number of aliphatic hydroxyl groups excluding tert-OH is 1. The molecular weight excluding hydrogens is 416 g/mol. The number of rotatable bonds is 4. The van der Waals surface area contributed by atoms with Gasteiger partial charge in [0.05, 0.1) is 7.11 Å². The number of anilines is 1. The van der Waals surface area contributed by atoms with Crippen LogP contribution in [0, 0.1) is 17.3 Å². The molecule has 170 valence electrons. The molecule has 0 amide bonds. The van der Waals surface area contributed by atoms with Gasteiger partial charge in [-0.25, -0.2) is 4.79 Å². The number of fused-ring (bicyclic) bond motifs is 1. The summed E-state index contributed by atoms with van der Waals surface area (Å²) in [6.45, 7) is 3.91. The maximum Gasteiger partial charge on any atom is 0.334 e. The first-order chi connectivity index (χ1) is 15.5. The van der Waals surface area contributed by atoms with Crippen LogP contribution in [0.5, 0.6) is 0 Å². The van der Waals surface area contributed by atoms with Crippen molar-refractivity contribution in [2.45, 2.75) is 42.6 Å². The molecule has 4 aliphatic heterocycles. The van der Waals surface area contributed by atoms with Crippen molar-refractivity contribution >= 4 is 17.6 Å². The van der Waals surface area contributed by atoms with Gasteiger partial charge in [0.1, 0.15) is 23.2 Å². The van der Waals surface area contributed by atoms with E-state index in [0.717, 1.165) is 17.8 Å². The van der Waals surface area contributed by atoms with Gasteiger partial charge in [0.25, 0.3) is 0 Å². The fraction of sp³-hybridized carbons (Fsp3) is 0.565. The lowest BCUT2D eigenvalue weighted by molar-refractivity contribution is -0.316. The number of aliphatic hydroxyl groups is 1. The molecule has 4 fully saturated rings. The molecule has 0 radical (unpaired) electrons. The van der Waals surface area contributed by atoms with Gasteiger partial charge in [-0.1, -0.05) is 24.3 Å². The van der Waals surface area contributed by atoms with Crippen molar-refractivity contribution in [1.29, 1.82) is 0 Å². The molecule has 9 heteroatoms. The number of carbonyl (C=O) groups excluding carboxylic acids is 2. The van der Waals surface area contributed by atoms with Crippen LogP contribution in [0.3, 0.4) is 0 Å². The van der Waals surface area contributed by atoms with Crippen LogP contribution in [0.4, 0.5) is 5.69 Å². The van der Waals surface area contributed by atoms with E-state index in [4.69, 9.17) is 18.9 Å². The number of carbonyl (C=O) groups is 2. The zero-order valence-electron chi connectivity index (χ0n) is 17.7. The topological polar surface area (TPSA) is 115 Å². The van der Waals surface area contributed by atoms with Gasteiger partial charge in [-0.15, -0.1) is 6.58 Å². The van der Waals surface area contributed by atoms with Gasteiger partial charge in [0.15, 0.2) is 6.29 Å². The average molecular weight is 442 g/mol. The summed E-state index contributed by atoms with van der Waals surface area (Å²) in [5.74, 6) is -2.05. The third-order valence-corrected chi connectivity index (χ3v) is 8.34. The molecule has 0 aromatic heterocycles. The zero-order valence-corrected chi connectivity index (χ0v) is 17.7.